The molecule has 0 radical (unpaired) electrons. The molecule has 0 aliphatic carbocycles. The number of halogens is 2. The Morgan fingerprint density at radius 2 is 1.44 bits per heavy atom. The van der Waals surface area contributed by atoms with Crippen molar-refractivity contribution in [2.45, 2.75) is 6.54 Å². The van der Waals surface area contributed by atoms with Crippen molar-refractivity contribution in [1.82, 2.24) is 5.32 Å². The average molecular weight is 444 g/mol. The second kappa shape index (κ2) is 8.84. The Balaban J connectivity index is 1.75. The van der Waals surface area contributed by atoms with Gasteiger partial charge in [-0.2, -0.15) is 0 Å². The summed E-state index contributed by atoms with van der Waals surface area (Å²) in [6, 6.07) is 21.3. The third kappa shape index (κ3) is 4.76. The topological polar surface area (TPSA) is 58.2 Å². The molecule has 3 aromatic rings. The van der Waals surface area contributed by atoms with Crippen LogP contribution in [0.5, 0.6) is 0 Å². The SMILES string of the molecule is O=C(Nc1ccccc1C(=O)NCc1ccccc1Cl)c1ccccc1Br. The number of nitrogens with one attached hydrogen (secondary N) is 2. The molecular formula is C21H16BrClN2O2. The zero-order valence-electron chi connectivity index (χ0n) is 14.2. The van der Waals surface area contributed by atoms with Gasteiger partial charge in [-0.25, -0.2) is 0 Å². The number of rotatable bonds is 5. The summed E-state index contributed by atoms with van der Waals surface area (Å²) in [5, 5.41) is 6.23. The fourth-order valence-corrected chi connectivity index (χ4v) is 3.20. The lowest BCUT2D eigenvalue weighted by molar-refractivity contribution is 0.0952. The zero-order valence-corrected chi connectivity index (χ0v) is 16.5. The lowest BCUT2D eigenvalue weighted by atomic mass is 10.1. The van der Waals surface area contributed by atoms with Gasteiger partial charge in [-0.1, -0.05) is 54.1 Å². The summed E-state index contributed by atoms with van der Waals surface area (Å²) in [5.41, 5.74) is 2.13. The minimum Gasteiger partial charge on any atom is -0.348 e. The molecule has 0 saturated carbocycles. The van der Waals surface area contributed by atoms with Crippen molar-refractivity contribution in [3.8, 4) is 0 Å². The van der Waals surface area contributed by atoms with E-state index in [1.165, 1.54) is 0 Å². The van der Waals surface area contributed by atoms with Crippen LogP contribution in [0.3, 0.4) is 0 Å². The monoisotopic (exact) mass is 442 g/mol. The van der Waals surface area contributed by atoms with Crippen LogP contribution in [0, 0.1) is 0 Å². The highest BCUT2D eigenvalue weighted by Crippen LogP contribution is 2.21. The predicted molar refractivity (Wildman–Crippen MR) is 111 cm³/mol. The summed E-state index contributed by atoms with van der Waals surface area (Å²) in [5.74, 6) is -0.591. The van der Waals surface area contributed by atoms with Crippen LogP contribution in [-0.2, 0) is 6.54 Å². The van der Waals surface area contributed by atoms with Gasteiger partial charge in [0, 0.05) is 16.0 Å². The van der Waals surface area contributed by atoms with Crippen molar-refractivity contribution in [3.63, 3.8) is 0 Å². The molecule has 136 valence electrons. The van der Waals surface area contributed by atoms with Crippen LogP contribution in [0.25, 0.3) is 0 Å². The maximum atomic E-state index is 12.6. The third-order valence-electron chi connectivity index (χ3n) is 3.94. The summed E-state index contributed by atoms with van der Waals surface area (Å²) in [6.07, 6.45) is 0. The summed E-state index contributed by atoms with van der Waals surface area (Å²) in [4.78, 5) is 25.2. The average Bonchev–Trinajstić information content (AvgIpc) is 2.68. The van der Waals surface area contributed by atoms with E-state index in [4.69, 9.17) is 11.6 Å². The highest BCUT2D eigenvalue weighted by molar-refractivity contribution is 9.10. The van der Waals surface area contributed by atoms with Gasteiger partial charge in [-0.05, 0) is 51.8 Å². The first kappa shape index (κ1) is 19.1. The van der Waals surface area contributed by atoms with E-state index in [0.29, 0.717) is 32.9 Å². The van der Waals surface area contributed by atoms with E-state index in [0.717, 1.165) is 5.56 Å². The maximum absolute atomic E-state index is 12.6. The standard InChI is InChI=1S/C21H16BrClN2O2/c22-17-10-4-2-8-15(17)21(27)25-19-12-6-3-9-16(19)20(26)24-13-14-7-1-5-11-18(14)23/h1-12H,13H2,(H,24,26)(H,25,27). The Hall–Kier alpha value is -2.63. The largest absolute Gasteiger partial charge is 0.348 e. The van der Waals surface area contributed by atoms with Gasteiger partial charge in [0.2, 0.25) is 0 Å². The third-order valence-corrected chi connectivity index (χ3v) is 5.00. The van der Waals surface area contributed by atoms with Crippen molar-refractivity contribution in [2.75, 3.05) is 5.32 Å². The highest BCUT2D eigenvalue weighted by atomic mass is 79.9. The molecule has 0 aliphatic heterocycles. The van der Waals surface area contributed by atoms with Gasteiger partial charge in [-0.3, -0.25) is 9.59 Å². The fraction of sp³-hybridized carbons (Fsp3) is 0.0476. The van der Waals surface area contributed by atoms with E-state index in [2.05, 4.69) is 26.6 Å². The van der Waals surface area contributed by atoms with Gasteiger partial charge in [0.25, 0.3) is 11.8 Å². The van der Waals surface area contributed by atoms with Crippen molar-refractivity contribution in [1.29, 1.82) is 0 Å². The molecule has 0 aliphatic rings. The van der Waals surface area contributed by atoms with Gasteiger partial charge in [0.1, 0.15) is 0 Å². The minimum absolute atomic E-state index is 0.294. The normalized spacial score (nSPS) is 10.3. The summed E-state index contributed by atoms with van der Waals surface area (Å²) >= 11 is 9.49. The Labute approximate surface area is 170 Å². The zero-order chi connectivity index (χ0) is 19.2. The molecule has 27 heavy (non-hydrogen) atoms. The fourth-order valence-electron chi connectivity index (χ4n) is 2.54. The number of carbonyl (C=O) groups excluding carboxylic acids is 2. The Kier molecular flexibility index (Phi) is 6.27. The molecule has 3 aromatic carbocycles. The van der Waals surface area contributed by atoms with Crippen molar-refractivity contribution in [3.05, 3.63) is 99.0 Å². The van der Waals surface area contributed by atoms with E-state index >= 15 is 0 Å². The molecular weight excluding hydrogens is 428 g/mol. The molecule has 0 atom stereocenters. The lowest BCUT2D eigenvalue weighted by Crippen LogP contribution is -2.25. The molecule has 6 heteroatoms. The number of para-hydroxylation sites is 1. The van der Waals surface area contributed by atoms with Crippen molar-refractivity contribution in [2.24, 2.45) is 0 Å². The maximum Gasteiger partial charge on any atom is 0.256 e. The molecule has 0 fully saturated rings. The van der Waals surface area contributed by atoms with Gasteiger partial charge >= 0.3 is 0 Å². The van der Waals surface area contributed by atoms with Crippen LogP contribution < -0.4 is 10.6 Å². The molecule has 0 bridgehead atoms. The van der Waals surface area contributed by atoms with E-state index in [1.807, 2.05) is 24.3 Å². The van der Waals surface area contributed by atoms with Gasteiger partial charge in [0.15, 0.2) is 0 Å². The van der Waals surface area contributed by atoms with E-state index in [-0.39, 0.29) is 11.8 Å². The smallest absolute Gasteiger partial charge is 0.256 e. The number of benzene rings is 3. The first-order valence-corrected chi connectivity index (χ1v) is 9.40. The lowest BCUT2D eigenvalue weighted by Gasteiger charge is -2.12. The van der Waals surface area contributed by atoms with Crippen LogP contribution in [0.2, 0.25) is 5.02 Å². The molecule has 0 saturated heterocycles. The summed E-state index contributed by atoms with van der Waals surface area (Å²) in [7, 11) is 0. The molecule has 3 rings (SSSR count). The van der Waals surface area contributed by atoms with Crippen molar-refractivity contribution < 1.29 is 9.59 Å². The molecule has 2 N–H and O–H groups in total. The molecule has 0 unspecified atom stereocenters. The van der Waals surface area contributed by atoms with Crippen molar-refractivity contribution >= 4 is 45.0 Å². The van der Waals surface area contributed by atoms with Gasteiger partial charge in [-0.15, -0.1) is 0 Å². The first-order chi connectivity index (χ1) is 13.1. The van der Waals surface area contributed by atoms with E-state index < -0.39 is 0 Å². The summed E-state index contributed by atoms with van der Waals surface area (Å²) in [6.45, 7) is 0.297. The van der Waals surface area contributed by atoms with Gasteiger partial charge < -0.3 is 10.6 Å². The molecule has 2 amide bonds. The van der Waals surface area contributed by atoms with E-state index in [9.17, 15) is 9.59 Å². The van der Waals surface area contributed by atoms with E-state index in [1.54, 1.807) is 48.5 Å². The molecule has 0 spiro atoms. The van der Waals surface area contributed by atoms with Crippen LogP contribution in [0.4, 0.5) is 5.69 Å². The Bertz CT molecular complexity index is 991. The summed E-state index contributed by atoms with van der Waals surface area (Å²) < 4.78 is 0.683. The number of hydrogen-bond donors (Lipinski definition) is 2. The van der Waals surface area contributed by atoms with Crippen LogP contribution >= 0.6 is 27.5 Å². The second-order valence-electron chi connectivity index (χ2n) is 5.75. The molecule has 0 heterocycles. The highest BCUT2D eigenvalue weighted by Gasteiger charge is 2.15. The Morgan fingerprint density at radius 3 is 2.19 bits per heavy atom. The number of anilines is 1. The first-order valence-electron chi connectivity index (χ1n) is 8.23. The number of amides is 2. The van der Waals surface area contributed by atoms with Crippen LogP contribution in [0.1, 0.15) is 26.3 Å². The second-order valence-corrected chi connectivity index (χ2v) is 7.02. The quantitative estimate of drug-likeness (QED) is 0.563. The predicted octanol–water partition coefficient (Wildman–Crippen LogP) is 5.28. The molecule has 0 aromatic heterocycles. The Morgan fingerprint density at radius 1 is 0.815 bits per heavy atom. The number of hydrogen-bond acceptors (Lipinski definition) is 2. The van der Waals surface area contributed by atoms with Crippen LogP contribution in [0.15, 0.2) is 77.3 Å². The molecule has 4 nitrogen and oxygen atoms in total. The van der Waals surface area contributed by atoms with Gasteiger partial charge in [0.05, 0.1) is 16.8 Å². The van der Waals surface area contributed by atoms with Crippen LogP contribution in [-0.4, -0.2) is 11.8 Å². The number of carbonyl (C=O) groups is 2. The minimum atomic E-state index is -0.297.